The van der Waals surface area contributed by atoms with Gasteiger partial charge < -0.3 is 4.57 Å². The maximum atomic E-state index is 6.08. The molecule has 0 aliphatic rings. The molecule has 4 heteroatoms. The molecule has 0 spiro atoms. The number of hydrogen-bond donors (Lipinski definition) is 0. The summed E-state index contributed by atoms with van der Waals surface area (Å²) in [6.07, 6.45) is 7.51. The highest BCUT2D eigenvalue weighted by Gasteiger charge is 2.01. The third-order valence-electron chi connectivity index (χ3n) is 2.43. The Bertz CT molecular complexity index is 452. The van der Waals surface area contributed by atoms with Crippen molar-refractivity contribution in [1.82, 2.24) is 9.55 Å². The molecule has 0 fully saturated rings. The Morgan fingerprint density at radius 2 is 2.12 bits per heavy atom. The molecule has 16 heavy (non-hydrogen) atoms. The van der Waals surface area contributed by atoms with E-state index in [1.54, 1.807) is 6.20 Å². The molecule has 0 unspecified atom stereocenters. The van der Waals surface area contributed by atoms with Crippen LogP contribution in [0.1, 0.15) is 12.0 Å². The topological polar surface area (TPSA) is 17.8 Å². The monoisotopic (exact) mass is 254 g/mol. The minimum Gasteiger partial charge on any atom is -0.337 e. The average molecular weight is 255 g/mol. The molecule has 1 aromatic carbocycles. The Hall–Kier alpha value is -0.990. The van der Waals surface area contributed by atoms with E-state index < -0.39 is 0 Å². The van der Waals surface area contributed by atoms with Gasteiger partial charge in [-0.3, -0.25) is 0 Å². The summed E-state index contributed by atoms with van der Waals surface area (Å²) in [5.74, 6) is 0. The number of nitrogens with zero attached hydrogens (tertiary/aromatic N) is 2. The van der Waals surface area contributed by atoms with Crippen LogP contribution in [0.4, 0.5) is 0 Å². The second-order valence-corrected chi connectivity index (χ2v) is 4.48. The fraction of sp³-hybridized carbons (Fsp3) is 0.250. The van der Waals surface area contributed by atoms with Crippen molar-refractivity contribution in [3.8, 4) is 0 Å². The lowest BCUT2D eigenvalue weighted by Gasteiger charge is -2.05. The van der Waals surface area contributed by atoms with Crippen LogP contribution < -0.4 is 0 Å². The number of benzene rings is 1. The number of halogens is 2. The van der Waals surface area contributed by atoms with Gasteiger partial charge in [-0.2, -0.15) is 0 Å². The third kappa shape index (κ3) is 3.00. The molecular weight excluding hydrogens is 243 g/mol. The molecular formula is C12H12Cl2N2. The molecule has 0 radical (unpaired) electrons. The molecule has 84 valence electrons. The lowest BCUT2D eigenvalue weighted by molar-refractivity contribution is 0.642. The molecule has 1 aromatic heterocycles. The largest absolute Gasteiger partial charge is 0.337 e. The van der Waals surface area contributed by atoms with E-state index >= 15 is 0 Å². The highest BCUT2D eigenvalue weighted by Crippen LogP contribution is 2.21. The van der Waals surface area contributed by atoms with Crippen LogP contribution in [0.15, 0.2) is 36.9 Å². The van der Waals surface area contributed by atoms with Crippen molar-refractivity contribution in [3.63, 3.8) is 0 Å². The molecule has 0 aliphatic heterocycles. The first kappa shape index (κ1) is 11.5. The minimum atomic E-state index is 0.738. The van der Waals surface area contributed by atoms with Gasteiger partial charge >= 0.3 is 0 Å². The van der Waals surface area contributed by atoms with Crippen LogP contribution in [0.25, 0.3) is 0 Å². The van der Waals surface area contributed by atoms with E-state index in [0.717, 1.165) is 35.0 Å². The lowest BCUT2D eigenvalue weighted by Crippen LogP contribution is -1.97. The smallest absolute Gasteiger partial charge is 0.0945 e. The van der Waals surface area contributed by atoms with Crippen LogP contribution in [0.5, 0.6) is 0 Å². The van der Waals surface area contributed by atoms with Crippen LogP contribution in [-0.2, 0) is 13.0 Å². The SMILES string of the molecule is Clc1ccc(Cl)c(CCCn2ccnc2)c1. The zero-order valence-corrected chi connectivity index (χ0v) is 10.2. The van der Waals surface area contributed by atoms with Crippen LogP contribution in [0, 0.1) is 0 Å². The van der Waals surface area contributed by atoms with Crippen molar-refractivity contribution in [3.05, 3.63) is 52.5 Å². The summed E-state index contributed by atoms with van der Waals surface area (Å²) in [6.45, 7) is 0.947. The van der Waals surface area contributed by atoms with Gasteiger partial charge in [-0.25, -0.2) is 4.98 Å². The van der Waals surface area contributed by atoms with Crippen molar-refractivity contribution >= 4 is 23.2 Å². The van der Waals surface area contributed by atoms with Crippen molar-refractivity contribution in [1.29, 1.82) is 0 Å². The second-order valence-electron chi connectivity index (χ2n) is 3.64. The average Bonchev–Trinajstić information content (AvgIpc) is 2.76. The van der Waals surface area contributed by atoms with Crippen LogP contribution in [0.2, 0.25) is 10.0 Å². The first-order valence-corrected chi connectivity index (χ1v) is 5.91. The Kier molecular flexibility index (Phi) is 3.86. The fourth-order valence-corrected chi connectivity index (χ4v) is 2.01. The van der Waals surface area contributed by atoms with Crippen LogP contribution in [0.3, 0.4) is 0 Å². The maximum absolute atomic E-state index is 6.08. The molecule has 2 rings (SSSR count). The Balaban J connectivity index is 1.92. The summed E-state index contributed by atoms with van der Waals surface area (Å²) >= 11 is 12.0. The van der Waals surface area contributed by atoms with E-state index in [4.69, 9.17) is 23.2 Å². The van der Waals surface area contributed by atoms with Crippen molar-refractivity contribution in [2.24, 2.45) is 0 Å². The molecule has 2 aromatic rings. The van der Waals surface area contributed by atoms with Gasteiger partial charge in [0, 0.05) is 29.0 Å². The van der Waals surface area contributed by atoms with Gasteiger partial charge in [0.05, 0.1) is 6.33 Å². The normalized spacial score (nSPS) is 10.6. The van der Waals surface area contributed by atoms with Gasteiger partial charge in [0.25, 0.3) is 0 Å². The van der Waals surface area contributed by atoms with E-state index in [-0.39, 0.29) is 0 Å². The summed E-state index contributed by atoms with van der Waals surface area (Å²) in [5, 5.41) is 1.53. The molecule has 1 heterocycles. The highest BCUT2D eigenvalue weighted by molar-refractivity contribution is 6.33. The van der Waals surface area contributed by atoms with E-state index in [0.29, 0.717) is 0 Å². The van der Waals surface area contributed by atoms with Gasteiger partial charge in [0.2, 0.25) is 0 Å². The number of aryl methyl sites for hydroxylation is 2. The molecule has 0 saturated heterocycles. The summed E-state index contributed by atoms with van der Waals surface area (Å²) in [5.41, 5.74) is 1.11. The Labute approximate surface area is 105 Å². The first-order valence-electron chi connectivity index (χ1n) is 5.15. The highest BCUT2D eigenvalue weighted by atomic mass is 35.5. The summed E-state index contributed by atoms with van der Waals surface area (Å²) in [6, 6.07) is 5.58. The summed E-state index contributed by atoms with van der Waals surface area (Å²) in [4.78, 5) is 4.00. The van der Waals surface area contributed by atoms with Gasteiger partial charge in [0.1, 0.15) is 0 Å². The quantitative estimate of drug-likeness (QED) is 0.811. The molecule has 0 N–H and O–H groups in total. The van der Waals surface area contributed by atoms with E-state index in [9.17, 15) is 0 Å². The maximum Gasteiger partial charge on any atom is 0.0945 e. The number of rotatable bonds is 4. The molecule has 0 bridgehead atoms. The van der Waals surface area contributed by atoms with Gasteiger partial charge in [0.15, 0.2) is 0 Å². The number of aromatic nitrogens is 2. The fourth-order valence-electron chi connectivity index (χ4n) is 1.61. The molecule has 0 amide bonds. The minimum absolute atomic E-state index is 0.738. The zero-order valence-electron chi connectivity index (χ0n) is 8.74. The van der Waals surface area contributed by atoms with E-state index in [2.05, 4.69) is 9.55 Å². The number of imidazole rings is 1. The van der Waals surface area contributed by atoms with Gasteiger partial charge in [-0.05, 0) is 36.6 Å². The van der Waals surface area contributed by atoms with Crippen LogP contribution in [-0.4, -0.2) is 9.55 Å². The molecule has 0 aliphatic carbocycles. The van der Waals surface area contributed by atoms with Crippen LogP contribution >= 0.6 is 23.2 Å². The first-order chi connectivity index (χ1) is 7.75. The van der Waals surface area contributed by atoms with Crippen molar-refractivity contribution < 1.29 is 0 Å². The summed E-state index contributed by atoms with van der Waals surface area (Å²) < 4.78 is 2.05. The summed E-state index contributed by atoms with van der Waals surface area (Å²) in [7, 11) is 0. The lowest BCUT2D eigenvalue weighted by atomic mass is 10.1. The van der Waals surface area contributed by atoms with Gasteiger partial charge in [-0.1, -0.05) is 23.2 Å². The second kappa shape index (κ2) is 5.37. The number of hydrogen-bond acceptors (Lipinski definition) is 1. The van der Waals surface area contributed by atoms with E-state index in [1.165, 1.54) is 0 Å². The Morgan fingerprint density at radius 3 is 2.88 bits per heavy atom. The van der Waals surface area contributed by atoms with E-state index in [1.807, 2.05) is 30.7 Å². The molecule has 2 nitrogen and oxygen atoms in total. The zero-order chi connectivity index (χ0) is 11.4. The van der Waals surface area contributed by atoms with Crippen molar-refractivity contribution in [2.45, 2.75) is 19.4 Å². The third-order valence-corrected chi connectivity index (χ3v) is 3.03. The molecule has 0 saturated carbocycles. The predicted molar refractivity (Wildman–Crippen MR) is 67.0 cm³/mol. The van der Waals surface area contributed by atoms with Crippen molar-refractivity contribution in [2.75, 3.05) is 0 Å². The Morgan fingerprint density at radius 1 is 1.25 bits per heavy atom. The molecule has 0 atom stereocenters. The predicted octanol–water partition coefficient (Wildman–Crippen LogP) is 3.82. The van der Waals surface area contributed by atoms with Gasteiger partial charge in [-0.15, -0.1) is 0 Å². The standard InChI is InChI=1S/C12H12Cl2N2/c13-11-3-4-12(14)10(8-11)2-1-6-16-7-5-15-9-16/h3-5,7-9H,1-2,6H2.